The van der Waals surface area contributed by atoms with Crippen LogP contribution >= 0.6 is 24.0 Å². The molecule has 2 N–H and O–H groups in total. The fourth-order valence-electron chi connectivity index (χ4n) is 3.56. The van der Waals surface area contributed by atoms with Gasteiger partial charge < -0.3 is 20.3 Å². The number of halogens is 1. The first kappa shape index (κ1) is 22.3. The lowest BCUT2D eigenvalue weighted by molar-refractivity contribution is 0.414. The molecule has 1 saturated heterocycles. The van der Waals surface area contributed by atoms with Gasteiger partial charge in [-0.1, -0.05) is 36.4 Å². The highest BCUT2D eigenvalue weighted by Crippen LogP contribution is 2.31. The molecule has 0 spiro atoms. The maximum atomic E-state index is 5.51. The van der Waals surface area contributed by atoms with Gasteiger partial charge in [0.15, 0.2) is 5.96 Å². The van der Waals surface area contributed by atoms with E-state index in [0.29, 0.717) is 5.92 Å². The van der Waals surface area contributed by atoms with Crippen molar-refractivity contribution in [1.82, 2.24) is 10.6 Å². The zero-order chi connectivity index (χ0) is 19.1. The standard InChI is InChI=1S/C22H30N4O.HI/c1-17-8-4-5-9-19(17)15-25-22(23-2)24-14-18-12-13-26(16-18)20-10-6-7-11-21(20)27-3;/h4-11,18H,12-16H2,1-3H3,(H2,23,24,25);1H. The van der Waals surface area contributed by atoms with Crippen LogP contribution < -0.4 is 20.3 Å². The van der Waals surface area contributed by atoms with E-state index < -0.39 is 0 Å². The number of para-hydroxylation sites is 2. The van der Waals surface area contributed by atoms with E-state index in [1.54, 1.807) is 7.11 Å². The first-order chi connectivity index (χ1) is 13.2. The summed E-state index contributed by atoms with van der Waals surface area (Å²) in [7, 11) is 3.56. The van der Waals surface area contributed by atoms with Crippen molar-refractivity contribution in [2.24, 2.45) is 10.9 Å². The van der Waals surface area contributed by atoms with E-state index in [-0.39, 0.29) is 24.0 Å². The highest BCUT2D eigenvalue weighted by molar-refractivity contribution is 14.0. The molecule has 0 bridgehead atoms. The van der Waals surface area contributed by atoms with E-state index in [1.807, 2.05) is 19.2 Å². The fraction of sp³-hybridized carbons (Fsp3) is 0.409. The molecule has 0 saturated carbocycles. The van der Waals surface area contributed by atoms with Crippen LogP contribution in [-0.4, -0.2) is 39.8 Å². The third-order valence-corrected chi connectivity index (χ3v) is 5.20. The van der Waals surface area contributed by atoms with Crippen molar-refractivity contribution in [2.75, 3.05) is 38.7 Å². The van der Waals surface area contributed by atoms with Crippen LogP contribution in [0.3, 0.4) is 0 Å². The van der Waals surface area contributed by atoms with Gasteiger partial charge in [0.1, 0.15) is 5.75 Å². The van der Waals surface area contributed by atoms with Gasteiger partial charge in [-0.3, -0.25) is 4.99 Å². The zero-order valence-corrected chi connectivity index (χ0v) is 19.3. The molecule has 28 heavy (non-hydrogen) atoms. The van der Waals surface area contributed by atoms with Gasteiger partial charge in [-0.2, -0.15) is 0 Å². The van der Waals surface area contributed by atoms with Crippen molar-refractivity contribution >= 4 is 35.6 Å². The molecule has 1 fully saturated rings. The number of nitrogens with zero attached hydrogens (tertiary/aromatic N) is 2. The lowest BCUT2D eigenvalue weighted by Gasteiger charge is -2.21. The Labute approximate surface area is 185 Å². The SMILES string of the molecule is CN=C(NCc1ccccc1C)NCC1CCN(c2ccccc2OC)C1.I. The lowest BCUT2D eigenvalue weighted by atomic mass is 10.1. The van der Waals surface area contributed by atoms with Crippen molar-refractivity contribution in [1.29, 1.82) is 0 Å². The number of methoxy groups -OCH3 is 1. The number of aryl methyl sites for hydroxylation is 1. The summed E-state index contributed by atoms with van der Waals surface area (Å²) in [4.78, 5) is 6.77. The Morgan fingerprint density at radius 3 is 2.64 bits per heavy atom. The predicted octanol–water partition coefficient (Wildman–Crippen LogP) is 3.81. The Balaban J connectivity index is 0.00000280. The van der Waals surface area contributed by atoms with Crippen LogP contribution in [0.4, 0.5) is 5.69 Å². The second-order valence-corrected chi connectivity index (χ2v) is 7.01. The highest BCUT2D eigenvalue weighted by atomic mass is 127. The lowest BCUT2D eigenvalue weighted by Crippen LogP contribution is -2.40. The summed E-state index contributed by atoms with van der Waals surface area (Å²) in [5.41, 5.74) is 3.77. The minimum absolute atomic E-state index is 0. The number of anilines is 1. The minimum Gasteiger partial charge on any atom is -0.495 e. The van der Waals surface area contributed by atoms with Crippen molar-refractivity contribution in [3.8, 4) is 5.75 Å². The summed E-state index contributed by atoms with van der Waals surface area (Å²) >= 11 is 0. The van der Waals surface area contributed by atoms with Crippen LogP contribution in [0.5, 0.6) is 5.75 Å². The largest absolute Gasteiger partial charge is 0.495 e. The average molecular weight is 494 g/mol. The van der Waals surface area contributed by atoms with Gasteiger partial charge >= 0.3 is 0 Å². The molecule has 3 rings (SSSR count). The summed E-state index contributed by atoms with van der Waals surface area (Å²) in [6.45, 7) is 5.92. The van der Waals surface area contributed by atoms with Crippen LogP contribution in [0.15, 0.2) is 53.5 Å². The van der Waals surface area contributed by atoms with E-state index in [9.17, 15) is 0 Å². The van der Waals surface area contributed by atoms with Gasteiger partial charge in [-0.15, -0.1) is 24.0 Å². The molecule has 1 heterocycles. The second-order valence-electron chi connectivity index (χ2n) is 7.01. The Bertz CT molecular complexity index is 781. The molecule has 0 amide bonds. The maximum absolute atomic E-state index is 5.51. The molecule has 1 aliphatic rings. The predicted molar refractivity (Wildman–Crippen MR) is 128 cm³/mol. The first-order valence-corrected chi connectivity index (χ1v) is 9.58. The molecular weight excluding hydrogens is 463 g/mol. The number of aliphatic imine (C=N–C) groups is 1. The summed E-state index contributed by atoms with van der Waals surface area (Å²) in [6.07, 6.45) is 1.17. The number of rotatable bonds is 6. The van der Waals surface area contributed by atoms with Gasteiger partial charge in [0.25, 0.3) is 0 Å². The molecule has 1 atom stereocenters. The van der Waals surface area contributed by atoms with E-state index in [2.05, 4.69) is 63.8 Å². The molecule has 6 heteroatoms. The van der Waals surface area contributed by atoms with Crippen LogP contribution in [0, 0.1) is 12.8 Å². The number of guanidine groups is 1. The molecular formula is C22H31IN4O. The Morgan fingerprint density at radius 2 is 1.89 bits per heavy atom. The van der Waals surface area contributed by atoms with E-state index in [1.165, 1.54) is 23.2 Å². The summed E-state index contributed by atoms with van der Waals surface area (Å²) in [6, 6.07) is 16.7. The van der Waals surface area contributed by atoms with Crippen molar-refractivity contribution in [3.05, 3.63) is 59.7 Å². The van der Waals surface area contributed by atoms with Gasteiger partial charge in [0, 0.05) is 33.2 Å². The smallest absolute Gasteiger partial charge is 0.191 e. The van der Waals surface area contributed by atoms with Crippen LogP contribution in [0.1, 0.15) is 17.5 Å². The van der Waals surface area contributed by atoms with Gasteiger partial charge in [-0.25, -0.2) is 0 Å². The van der Waals surface area contributed by atoms with Gasteiger partial charge in [0.2, 0.25) is 0 Å². The van der Waals surface area contributed by atoms with Gasteiger partial charge in [0.05, 0.1) is 12.8 Å². The van der Waals surface area contributed by atoms with Crippen LogP contribution in [0.25, 0.3) is 0 Å². The molecule has 0 aliphatic carbocycles. The molecule has 152 valence electrons. The first-order valence-electron chi connectivity index (χ1n) is 9.58. The van der Waals surface area contributed by atoms with E-state index >= 15 is 0 Å². The topological polar surface area (TPSA) is 48.9 Å². The van der Waals surface area contributed by atoms with Crippen molar-refractivity contribution < 1.29 is 4.74 Å². The number of hydrogen-bond donors (Lipinski definition) is 2. The maximum Gasteiger partial charge on any atom is 0.191 e. The third kappa shape index (κ3) is 5.77. The Hall–Kier alpha value is -1.96. The highest BCUT2D eigenvalue weighted by Gasteiger charge is 2.24. The number of nitrogens with one attached hydrogen (secondary N) is 2. The monoisotopic (exact) mass is 494 g/mol. The number of benzene rings is 2. The summed E-state index contributed by atoms with van der Waals surface area (Å²) in [5.74, 6) is 2.39. The molecule has 1 aliphatic heterocycles. The molecule has 2 aromatic carbocycles. The summed E-state index contributed by atoms with van der Waals surface area (Å²) < 4.78 is 5.51. The number of ether oxygens (including phenoxy) is 1. The Kier molecular flexibility index (Phi) is 8.89. The number of hydrogen-bond acceptors (Lipinski definition) is 3. The van der Waals surface area contributed by atoms with Crippen LogP contribution in [-0.2, 0) is 6.54 Å². The normalized spacial score (nSPS) is 16.5. The molecule has 5 nitrogen and oxygen atoms in total. The Morgan fingerprint density at radius 1 is 1.14 bits per heavy atom. The molecule has 1 unspecified atom stereocenters. The van der Waals surface area contributed by atoms with Gasteiger partial charge in [-0.05, 0) is 42.5 Å². The summed E-state index contributed by atoms with van der Waals surface area (Å²) in [5, 5.41) is 6.90. The zero-order valence-electron chi connectivity index (χ0n) is 16.9. The fourth-order valence-corrected chi connectivity index (χ4v) is 3.56. The molecule has 0 aromatic heterocycles. The quantitative estimate of drug-likeness (QED) is 0.365. The minimum atomic E-state index is 0. The molecule has 0 radical (unpaired) electrons. The van der Waals surface area contributed by atoms with Crippen molar-refractivity contribution in [3.63, 3.8) is 0 Å². The molecule has 2 aromatic rings. The van der Waals surface area contributed by atoms with Crippen molar-refractivity contribution in [2.45, 2.75) is 19.9 Å². The van der Waals surface area contributed by atoms with E-state index in [0.717, 1.165) is 37.9 Å². The van der Waals surface area contributed by atoms with E-state index in [4.69, 9.17) is 4.74 Å². The second kappa shape index (κ2) is 11.1. The average Bonchev–Trinajstić information content (AvgIpc) is 3.18. The van der Waals surface area contributed by atoms with Crippen LogP contribution in [0.2, 0.25) is 0 Å². The third-order valence-electron chi connectivity index (χ3n) is 5.20.